The van der Waals surface area contributed by atoms with Crippen molar-refractivity contribution < 1.29 is 9.84 Å². The van der Waals surface area contributed by atoms with E-state index in [0.29, 0.717) is 25.8 Å². The smallest absolute Gasteiger partial charge is 0.0900 e. The number of aromatic nitrogens is 1. The molecule has 3 aromatic rings. The summed E-state index contributed by atoms with van der Waals surface area (Å²) in [4.78, 5) is 2.49. The van der Waals surface area contributed by atoms with Crippen LogP contribution >= 0.6 is 0 Å². The molecular formula is C28H36N2O2. The molecule has 1 aromatic heterocycles. The van der Waals surface area contributed by atoms with Gasteiger partial charge in [0, 0.05) is 37.6 Å². The molecule has 1 saturated carbocycles. The summed E-state index contributed by atoms with van der Waals surface area (Å²) < 4.78 is 8.16. The highest BCUT2D eigenvalue weighted by Gasteiger charge is 2.24. The normalized spacial score (nSPS) is 15.8. The van der Waals surface area contributed by atoms with Gasteiger partial charge in [-0.1, -0.05) is 79.9 Å². The van der Waals surface area contributed by atoms with E-state index in [1.807, 2.05) is 18.2 Å². The predicted molar refractivity (Wildman–Crippen MR) is 129 cm³/mol. The predicted octanol–water partition coefficient (Wildman–Crippen LogP) is 5.25. The molecule has 0 amide bonds. The third-order valence-corrected chi connectivity index (χ3v) is 6.44. The van der Waals surface area contributed by atoms with E-state index in [0.717, 1.165) is 18.7 Å². The van der Waals surface area contributed by atoms with Crippen molar-refractivity contribution in [3.05, 3.63) is 95.8 Å². The Morgan fingerprint density at radius 3 is 2.28 bits per heavy atom. The van der Waals surface area contributed by atoms with Crippen LogP contribution in [0.2, 0.25) is 0 Å². The summed E-state index contributed by atoms with van der Waals surface area (Å²) in [5.41, 5.74) is 3.75. The van der Waals surface area contributed by atoms with Gasteiger partial charge in [-0.05, 0) is 36.1 Å². The minimum Gasteiger partial charge on any atom is -0.389 e. The van der Waals surface area contributed by atoms with Crippen LogP contribution in [0.15, 0.2) is 79.0 Å². The number of benzene rings is 2. The van der Waals surface area contributed by atoms with Crippen molar-refractivity contribution in [3.63, 3.8) is 0 Å². The number of nitrogens with zero attached hydrogens (tertiary/aromatic N) is 2. The van der Waals surface area contributed by atoms with E-state index in [2.05, 4.69) is 70.3 Å². The van der Waals surface area contributed by atoms with E-state index < -0.39 is 6.10 Å². The first-order valence-corrected chi connectivity index (χ1v) is 12.0. The lowest BCUT2D eigenvalue weighted by molar-refractivity contribution is -0.00384. The van der Waals surface area contributed by atoms with Crippen LogP contribution in [0, 0.1) is 0 Å². The zero-order chi connectivity index (χ0) is 22.0. The number of ether oxygens (including phenoxy) is 1. The first kappa shape index (κ1) is 22.8. The highest BCUT2D eigenvalue weighted by atomic mass is 16.5. The molecule has 1 unspecified atom stereocenters. The fourth-order valence-corrected chi connectivity index (χ4v) is 4.73. The summed E-state index contributed by atoms with van der Waals surface area (Å²) in [5.74, 6) is 0. The monoisotopic (exact) mass is 432 g/mol. The van der Waals surface area contributed by atoms with Gasteiger partial charge >= 0.3 is 0 Å². The first-order chi connectivity index (χ1) is 15.8. The van der Waals surface area contributed by atoms with Gasteiger partial charge in [0.05, 0.1) is 19.3 Å². The highest BCUT2D eigenvalue weighted by Crippen LogP contribution is 2.25. The van der Waals surface area contributed by atoms with Crippen LogP contribution in [0.5, 0.6) is 0 Å². The zero-order valence-electron chi connectivity index (χ0n) is 19.0. The molecule has 2 aromatic carbocycles. The number of aliphatic hydroxyl groups is 1. The standard InChI is InChI=1S/C28H36N2O2/c31-28(23-32-22-25-13-6-2-7-14-25)21-30(26-15-8-3-9-16-26)20-27-17-10-18-29(27)19-24-11-4-1-5-12-24/h1-2,4-7,10-14,17-18,26,28,31H,3,8-9,15-16,19-23H2. The van der Waals surface area contributed by atoms with E-state index in [-0.39, 0.29) is 0 Å². The third-order valence-electron chi connectivity index (χ3n) is 6.44. The Labute approximate surface area is 192 Å². The van der Waals surface area contributed by atoms with Crippen molar-refractivity contribution in [1.82, 2.24) is 9.47 Å². The Kier molecular flexibility index (Phi) is 8.55. The van der Waals surface area contributed by atoms with Gasteiger partial charge in [0.25, 0.3) is 0 Å². The molecule has 32 heavy (non-hydrogen) atoms. The van der Waals surface area contributed by atoms with Gasteiger partial charge in [0.1, 0.15) is 0 Å². The maximum absolute atomic E-state index is 10.8. The molecular weight excluding hydrogens is 396 g/mol. The Balaban J connectivity index is 1.37. The Morgan fingerprint density at radius 1 is 0.875 bits per heavy atom. The number of aliphatic hydroxyl groups excluding tert-OH is 1. The summed E-state index contributed by atoms with van der Waals surface area (Å²) in [6, 6.07) is 25.7. The summed E-state index contributed by atoms with van der Waals surface area (Å²) in [6.07, 6.45) is 8.02. The van der Waals surface area contributed by atoms with Crippen LogP contribution in [0.25, 0.3) is 0 Å². The second-order valence-corrected chi connectivity index (χ2v) is 8.99. The van der Waals surface area contributed by atoms with Crippen LogP contribution in [-0.4, -0.2) is 39.9 Å². The molecule has 1 heterocycles. The lowest BCUT2D eigenvalue weighted by Gasteiger charge is -2.35. The average molecular weight is 433 g/mol. The molecule has 4 rings (SSSR count). The maximum atomic E-state index is 10.8. The summed E-state index contributed by atoms with van der Waals surface area (Å²) in [5, 5.41) is 10.8. The van der Waals surface area contributed by atoms with Crippen LogP contribution in [-0.2, 0) is 24.4 Å². The fourth-order valence-electron chi connectivity index (χ4n) is 4.73. The van der Waals surface area contributed by atoms with E-state index in [1.54, 1.807) is 0 Å². The van der Waals surface area contributed by atoms with Crippen LogP contribution in [0.1, 0.15) is 48.9 Å². The molecule has 1 N–H and O–H groups in total. The molecule has 1 aliphatic rings. The second kappa shape index (κ2) is 12.0. The van der Waals surface area contributed by atoms with E-state index in [9.17, 15) is 5.11 Å². The quantitative estimate of drug-likeness (QED) is 0.450. The molecule has 1 atom stereocenters. The lowest BCUT2D eigenvalue weighted by atomic mass is 9.94. The number of hydrogen-bond acceptors (Lipinski definition) is 3. The van der Waals surface area contributed by atoms with Crippen molar-refractivity contribution in [2.24, 2.45) is 0 Å². The average Bonchev–Trinajstić information content (AvgIpc) is 3.27. The van der Waals surface area contributed by atoms with E-state index in [1.165, 1.54) is 43.4 Å². The van der Waals surface area contributed by atoms with Crippen LogP contribution in [0.4, 0.5) is 0 Å². The lowest BCUT2D eigenvalue weighted by Crippen LogP contribution is -2.42. The summed E-state index contributed by atoms with van der Waals surface area (Å²) >= 11 is 0. The summed E-state index contributed by atoms with van der Waals surface area (Å²) in [7, 11) is 0. The van der Waals surface area contributed by atoms with Gasteiger partial charge in [-0.2, -0.15) is 0 Å². The highest BCUT2D eigenvalue weighted by molar-refractivity contribution is 5.18. The Morgan fingerprint density at radius 2 is 1.56 bits per heavy atom. The molecule has 0 saturated heterocycles. The van der Waals surface area contributed by atoms with Crippen LogP contribution < -0.4 is 0 Å². The SMILES string of the molecule is OC(COCc1ccccc1)CN(Cc1cccn1Cc1ccccc1)C1CCCCC1. The van der Waals surface area contributed by atoms with E-state index in [4.69, 9.17) is 4.74 Å². The number of hydrogen-bond donors (Lipinski definition) is 1. The first-order valence-electron chi connectivity index (χ1n) is 12.0. The molecule has 0 aliphatic heterocycles. The third kappa shape index (κ3) is 6.80. The molecule has 0 radical (unpaired) electrons. The molecule has 170 valence electrons. The van der Waals surface area contributed by atoms with Crippen molar-refractivity contribution in [1.29, 1.82) is 0 Å². The van der Waals surface area contributed by atoms with Crippen molar-refractivity contribution >= 4 is 0 Å². The maximum Gasteiger partial charge on any atom is 0.0900 e. The molecule has 4 nitrogen and oxygen atoms in total. The Hall–Kier alpha value is -2.40. The molecule has 4 heteroatoms. The molecule has 0 bridgehead atoms. The Bertz CT molecular complexity index is 903. The van der Waals surface area contributed by atoms with Gasteiger partial charge in [0.2, 0.25) is 0 Å². The van der Waals surface area contributed by atoms with E-state index >= 15 is 0 Å². The van der Waals surface area contributed by atoms with Gasteiger partial charge in [0.15, 0.2) is 0 Å². The van der Waals surface area contributed by atoms with Gasteiger partial charge in [-0.3, -0.25) is 4.90 Å². The van der Waals surface area contributed by atoms with Gasteiger partial charge in [-0.15, -0.1) is 0 Å². The van der Waals surface area contributed by atoms with Gasteiger partial charge in [-0.25, -0.2) is 0 Å². The van der Waals surface area contributed by atoms with Crippen LogP contribution in [0.3, 0.4) is 0 Å². The number of rotatable bonds is 11. The molecule has 0 spiro atoms. The summed E-state index contributed by atoms with van der Waals surface area (Å²) in [6.45, 7) is 3.30. The second-order valence-electron chi connectivity index (χ2n) is 8.99. The topological polar surface area (TPSA) is 37.6 Å². The zero-order valence-corrected chi connectivity index (χ0v) is 19.0. The van der Waals surface area contributed by atoms with Crippen molar-refractivity contribution in [2.45, 2.75) is 63.9 Å². The molecule has 1 fully saturated rings. The minimum absolute atomic E-state index is 0.364. The fraction of sp³-hybridized carbons (Fsp3) is 0.429. The molecule has 1 aliphatic carbocycles. The van der Waals surface area contributed by atoms with Crippen molar-refractivity contribution in [2.75, 3.05) is 13.2 Å². The largest absolute Gasteiger partial charge is 0.389 e. The van der Waals surface area contributed by atoms with Crippen molar-refractivity contribution in [3.8, 4) is 0 Å². The van der Waals surface area contributed by atoms with Gasteiger partial charge < -0.3 is 14.4 Å². The minimum atomic E-state index is -0.488.